The zero-order valence-electron chi connectivity index (χ0n) is 28.4. The normalized spacial score (nSPS) is 28.0. The molecule has 3 fully saturated rings. The summed E-state index contributed by atoms with van der Waals surface area (Å²) in [6.07, 6.45) is 11.6. The van der Waals surface area contributed by atoms with E-state index in [9.17, 15) is 29.1 Å². The van der Waals surface area contributed by atoms with Gasteiger partial charge in [0.25, 0.3) is 0 Å². The minimum Gasteiger partial charge on any atom is -0.488 e. The lowest BCUT2D eigenvalue weighted by molar-refractivity contribution is -0.148. The Morgan fingerprint density at radius 2 is 1.86 bits per heavy atom. The minimum atomic E-state index is -1.25. The number of carboxylic acid groups (broad SMARTS) is 1. The number of fused-ring (bicyclic) bond motifs is 3. The smallest absolute Gasteiger partial charge is 0.408 e. The van der Waals surface area contributed by atoms with Gasteiger partial charge >= 0.3 is 18.0 Å². The lowest BCUT2D eigenvalue weighted by Crippen LogP contribution is -2.56. The number of pyridine rings is 1. The summed E-state index contributed by atoms with van der Waals surface area (Å²) in [7, 11) is 1.28. The van der Waals surface area contributed by atoms with Gasteiger partial charge in [0.05, 0.1) is 19.2 Å². The van der Waals surface area contributed by atoms with Crippen LogP contribution >= 0.6 is 11.8 Å². The molecule has 1 saturated heterocycles. The molecule has 0 spiro atoms. The molecular formula is C36H44N4O9S. The maximum Gasteiger partial charge on any atom is 0.408 e. The number of hydrogen-bond acceptors (Lipinski definition) is 10. The predicted octanol–water partition coefficient (Wildman–Crippen LogP) is 4.61. The monoisotopic (exact) mass is 708 g/mol. The summed E-state index contributed by atoms with van der Waals surface area (Å²) in [4.78, 5) is 73.2. The van der Waals surface area contributed by atoms with Crippen molar-refractivity contribution in [1.82, 2.24) is 20.5 Å². The molecule has 3 N–H and O–H groups in total. The number of nitrogens with one attached hydrogen (secondary N) is 2. The number of hydrogen-bond donors (Lipinski definition) is 3. The van der Waals surface area contributed by atoms with Crippen LogP contribution in [0.15, 0.2) is 41.3 Å². The van der Waals surface area contributed by atoms with Crippen LogP contribution in [0.4, 0.5) is 4.79 Å². The van der Waals surface area contributed by atoms with Gasteiger partial charge in [0.1, 0.15) is 35.6 Å². The predicted molar refractivity (Wildman–Crippen MR) is 184 cm³/mol. The second kappa shape index (κ2) is 15.3. The third-order valence-electron chi connectivity index (χ3n) is 10.2. The van der Waals surface area contributed by atoms with Crippen LogP contribution in [0.2, 0.25) is 0 Å². The molecule has 2 saturated carbocycles. The van der Waals surface area contributed by atoms with Gasteiger partial charge in [-0.15, -0.1) is 11.8 Å². The molecule has 1 aromatic heterocycles. The van der Waals surface area contributed by atoms with Crippen molar-refractivity contribution < 1.29 is 43.3 Å². The number of thioether (sulfide) groups is 1. The van der Waals surface area contributed by atoms with E-state index in [1.165, 1.54) is 29.8 Å². The number of rotatable bonds is 7. The molecule has 2 aliphatic carbocycles. The Labute approximate surface area is 294 Å². The number of carboxylic acids is 1. The molecule has 13 nitrogen and oxygen atoms in total. The Morgan fingerprint density at radius 3 is 2.60 bits per heavy atom. The highest BCUT2D eigenvalue weighted by Gasteiger charge is 2.62. The first-order valence-electron chi connectivity index (χ1n) is 17.4. The number of methoxy groups -OCH3 is 1. The fraction of sp³-hybridized carbons (Fsp3) is 0.556. The number of amides is 3. The Morgan fingerprint density at radius 1 is 1.08 bits per heavy atom. The standard InChI is InChI=1S/C36H44N4O9S/c1-47-34(45)36-19-21(36)11-6-4-3-5-7-15-25(38-35(46)49-22-12-8-9-13-22)32(42)40-20-23(17-27(40)31(41)39-36)48-28-18-26(33(43)44)37-30-24(28)14-10-16-29(30)50-2/h6,10-11,14,16,18,21-23,25,27H,3-5,7-9,12-13,15,17,19-20H2,1-2H3,(H,38,46)(H,39,41)(H,43,44)/b11-6-/t21?,23-,25+,27+,36-/m1/s1. The fourth-order valence-corrected chi connectivity index (χ4v) is 7.96. The van der Waals surface area contributed by atoms with E-state index in [4.69, 9.17) is 14.2 Å². The van der Waals surface area contributed by atoms with Crippen molar-refractivity contribution in [3.8, 4) is 5.75 Å². The van der Waals surface area contributed by atoms with Crippen molar-refractivity contribution in [1.29, 1.82) is 0 Å². The van der Waals surface area contributed by atoms with Gasteiger partial charge in [-0.3, -0.25) is 9.59 Å². The first-order valence-corrected chi connectivity index (χ1v) is 18.6. The number of aromatic carboxylic acids is 1. The lowest BCUT2D eigenvalue weighted by atomic mass is 10.0. The van der Waals surface area contributed by atoms with Crippen LogP contribution in [0, 0.1) is 5.92 Å². The van der Waals surface area contributed by atoms with Crippen molar-refractivity contribution in [2.24, 2.45) is 5.92 Å². The largest absolute Gasteiger partial charge is 0.488 e. The van der Waals surface area contributed by atoms with Gasteiger partial charge in [0, 0.05) is 28.7 Å². The van der Waals surface area contributed by atoms with E-state index < -0.39 is 53.6 Å². The third kappa shape index (κ3) is 7.54. The highest BCUT2D eigenvalue weighted by Crippen LogP contribution is 2.46. The molecule has 0 radical (unpaired) electrons. The van der Waals surface area contributed by atoms with E-state index in [0.29, 0.717) is 30.2 Å². The number of alkyl carbamates (subject to hydrolysis) is 1. The Kier molecular flexibility index (Phi) is 10.8. The summed E-state index contributed by atoms with van der Waals surface area (Å²) in [5.41, 5.74) is -0.979. The molecule has 1 aromatic carbocycles. The summed E-state index contributed by atoms with van der Waals surface area (Å²) in [6.45, 7) is -0.0181. The van der Waals surface area contributed by atoms with Gasteiger partial charge in [0.15, 0.2) is 5.69 Å². The third-order valence-corrected chi connectivity index (χ3v) is 10.9. The van der Waals surface area contributed by atoms with Crippen molar-refractivity contribution in [3.05, 3.63) is 42.1 Å². The molecule has 14 heteroatoms. The van der Waals surface area contributed by atoms with Crippen molar-refractivity contribution in [2.45, 2.75) is 105 Å². The topological polar surface area (TPSA) is 173 Å². The zero-order valence-corrected chi connectivity index (χ0v) is 29.2. The van der Waals surface area contributed by atoms with Crippen LogP contribution in [-0.2, 0) is 23.9 Å². The number of carbonyl (C=O) groups is 5. The van der Waals surface area contributed by atoms with E-state index in [2.05, 4.69) is 15.6 Å². The van der Waals surface area contributed by atoms with E-state index in [1.807, 2.05) is 30.5 Å². The zero-order chi connectivity index (χ0) is 35.4. The SMILES string of the molecule is COC(=O)[C@@]12CC1/C=C\CCCCC[C@H](NC(=O)OC1CCCC1)C(=O)N1C[C@H](Oc3cc(C(=O)O)nc4c(SC)cccc34)C[C@H]1C(=O)N2. The minimum absolute atomic E-state index is 0.0181. The number of carbonyl (C=O) groups excluding carboxylic acids is 4. The van der Waals surface area contributed by atoms with Crippen LogP contribution in [0.1, 0.15) is 81.1 Å². The van der Waals surface area contributed by atoms with Crippen molar-refractivity contribution >= 4 is 52.5 Å². The maximum atomic E-state index is 14.4. The molecule has 0 bridgehead atoms. The molecule has 5 atom stereocenters. The summed E-state index contributed by atoms with van der Waals surface area (Å²) < 4.78 is 17.2. The molecular weight excluding hydrogens is 664 g/mol. The van der Waals surface area contributed by atoms with Crippen LogP contribution in [0.5, 0.6) is 5.75 Å². The van der Waals surface area contributed by atoms with Gasteiger partial charge in [-0.2, -0.15) is 0 Å². The van der Waals surface area contributed by atoms with Crippen molar-refractivity contribution in [2.75, 3.05) is 19.9 Å². The molecule has 3 heterocycles. The van der Waals surface area contributed by atoms with Gasteiger partial charge in [0.2, 0.25) is 11.8 Å². The lowest BCUT2D eigenvalue weighted by Gasteiger charge is -2.29. The quantitative estimate of drug-likeness (QED) is 0.208. The highest BCUT2D eigenvalue weighted by atomic mass is 32.2. The second-order valence-corrected chi connectivity index (χ2v) is 14.3. The summed E-state index contributed by atoms with van der Waals surface area (Å²) in [5.74, 6) is -2.76. The van der Waals surface area contributed by atoms with Gasteiger partial charge in [-0.25, -0.2) is 19.4 Å². The number of benzene rings is 1. The fourth-order valence-electron chi connectivity index (χ4n) is 7.39. The Balaban J connectivity index is 1.32. The highest BCUT2D eigenvalue weighted by molar-refractivity contribution is 7.98. The van der Waals surface area contributed by atoms with Crippen LogP contribution in [0.3, 0.4) is 0 Å². The molecule has 2 aromatic rings. The first kappa shape index (κ1) is 35.5. The summed E-state index contributed by atoms with van der Waals surface area (Å²) >= 11 is 1.42. The molecule has 3 amide bonds. The Bertz CT molecular complexity index is 1680. The summed E-state index contributed by atoms with van der Waals surface area (Å²) in [6, 6.07) is 4.80. The van der Waals surface area contributed by atoms with E-state index in [1.54, 1.807) is 6.07 Å². The maximum absolute atomic E-state index is 14.4. The Hall–Kier alpha value is -4.33. The van der Waals surface area contributed by atoms with E-state index in [-0.39, 0.29) is 36.4 Å². The van der Waals surface area contributed by atoms with E-state index >= 15 is 0 Å². The number of para-hydroxylation sites is 1. The molecule has 4 aliphatic rings. The number of ether oxygens (including phenoxy) is 3. The number of allylic oxidation sites excluding steroid dienone is 1. The number of aromatic nitrogens is 1. The average Bonchev–Trinajstić information content (AvgIpc) is 3.38. The first-order chi connectivity index (χ1) is 24.1. The van der Waals surface area contributed by atoms with Crippen molar-refractivity contribution in [3.63, 3.8) is 0 Å². The molecule has 268 valence electrons. The van der Waals surface area contributed by atoms with Crippen LogP contribution in [0.25, 0.3) is 10.9 Å². The van der Waals surface area contributed by atoms with Crippen LogP contribution in [-0.4, -0.2) is 94.6 Å². The van der Waals surface area contributed by atoms with Gasteiger partial charge in [-0.05, 0) is 69.8 Å². The molecule has 1 unspecified atom stereocenters. The van der Waals surface area contributed by atoms with Crippen LogP contribution < -0.4 is 15.4 Å². The number of nitrogens with zero attached hydrogens (tertiary/aromatic N) is 2. The number of esters is 1. The molecule has 50 heavy (non-hydrogen) atoms. The summed E-state index contributed by atoms with van der Waals surface area (Å²) in [5, 5.41) is 16.2. The van der Waals surface area contributed by atoms with Gasteiger partial charge < -0.3 is 34.9 Å². The average molecular weight is 709 g/mol. The van der Waals surface area contributed by atoms with Gasteiger partial charge in [-0.1, -0.05) is 31.1 Å². The van der Waals surface area contributed by atoms with E-state index in [0.717, 1.165) is 49.8 Å². The second-order valence-electron chi connectivity index (χ2n) is 13.5. The molecule has 6 rings (SSSR count). The molecule has 2 aliphatic heterocycles.